The summed E-state index contributed by atoms with van der Waals surface area (Å²) in [5.41, 5.74) is 7.45. The highest BCUT2D eigenvalue weighted by molar-refractivity contribution is 7.15. The minimum absolute atomic E-state index is 0.0676. The van der Waals surface area contributed by atoms with E-state index >= 15 is 0 Å². The molecule has 0 saturated heterocycles. The van der Waals surface area contributed by atoms with Gasteiger partial charge in [0.05, 0.1) is 17.2 Å². The van der Waals surface area contributed by atoms with Crippen LogP contribution >= 0.6 is 11.3 Å². The molecule has 3 aromatic rings. The van der Waals surface area contributed by atoms with Gasteiger partial charge in [0, 0.05) is 17.5 Å². The Kier molecular flexibility index (Phi) is 2.73. The van der Waals surface area contributed by atoms with Gasteiger partial charge in [0.1, 0.15) is 0 Å². The van der Waals surface area contributed by atoms with Crippen molar-refractivity contribution >= 4 is 22.0 Å². The van der Waals surface area contributed by atoms with Crippen molar-refractivity contribution in [2.24, 2.45) is 5.73 Å². The van der Waals surface area contributed by atoms with E-state index in [0.29, 0.717) is 5.82 Å². The van der Waals surface area contributed by atoms with E-state index in [0.717, 1.165) is 16.2 Å². The smallest absolute Gasteiger partial charge is 0.269 e. The number of rotatable bonds is 3. The summed E-state index contributed by atoms with van der Waals surface area (Å²) < 4.78 is 1.87. The van der Waals surface area contributed by atoms with Crippen molar-refractivity contribution in [3.63, 3.8) is 0 Å². The van der Waals surface area contributed by atoms with Gasteiger partial charge in [0.15, 0.2) is 5.82 Å². The van der Waals surface area contributed by atoms with E-state index in [9.17, 15) is 10.1 Å². The molecule has 0 atom stereocenters. The third-order valence-electron chi connectivity index (χ3n) is 2.77. The number of benzene rings is 1. The van der Waals surface area contributed by atoms with Gasteiger partial charge in [-0.2, -0.15) is 0 Å². The maximum Gasteiger partial charge on any atom is 0.269 e. The van der Waals surface area contributed by atoms with Crippen LogP contribution in [-0.4, -0.2) is 19.5 Å². The van der Waals surface area contributed by atoms with Gasteiger partial charge < -0.3 is 5.73 Å². The van der Waals surface area contributed by atoms with Crippen LogP contribution in [0.4, 0.5) is 5.69 Å². The van der Waals surface area contributed by atoms with Gasteiger partial charge >= 0.3 is 0 Å². The number of nitro groups is 1. The zero-order chi connectivity index (χ0) is 13.4. The maximum absolute atomic E-state index is 10.6. The number of nitrogens with zero attached hydrogens (tertiary/aromatic N) is 4. The highest BCUT2D eigenvalue weighted by Gasteiger charge is 2.13. The van der Waals surface area contributed by atoms with Crippen LogP contribution in [0.3, 0.4) is 0 Å². The van der Waals surface area contributed by atoms with Crippen LogP contribution in [0.2, 0.25) is 0 Å². The highest BCUT2D eigenvalue weighted by atomic mass is 32.1. The van der Waals surface area contributed by atoms with E-state index in [-0.39, 0.29) is 12.2 Å². The molecule has 1 aromatic carbocycles. The Balaban J connectivity index is 2.13. The second-order valence-corrected chi connectivity index (χ2v) is 4.70. The Labute approximate surface area is 111 Å². The molecule has 2 heterocycles. The van der Waals surface area contributed by atoms with Crippen molar-refractivity contribution in [3.05, 3.63) is 45.6 Å². The lowest BCUT2D eigenvalue weighted by Crippen LogP contribution is -2.03. The average Bonchev–Trinajstić information content (AvgIpc) is 2.99. The fourth-order valence-corrected chi connectivity index (χ4v) is 2.72. The van der Waals surface area contributed by atoms with E-state index < -0.39 is 4.92 Å². The summed E-state index contributed by atoms with van der Waals surface area (Å²) >= 11 is 1.46. The van der Waals surface area contributed by atoms with Crippen LogP contribution in [0, 0.1) is 10.1 Å². The van der Waals surface area contributed by atoms with Crippen molar-refractivity contribution in [1.82, 2.24) is 14.6 Å². The fraction of sp³-hybridized carbons (Fsp3) is 0.0909. The summed E-state index contributed by atoms with van der Waals surface area (Å²) in [5.74, 6) is 0.671. The lowest BCUT2D eigenvalue weighted by molar-refractivity contribution is -0.384. The zero-order valence-electron chi connectivity index (χ0n) is 9.68. The van der Waals surface area contributed by atoms with Gasteiger partial charge in [-0.25, -0.2) is 0 Å². The molecule has 0 fully saturated rings. The van der Waals surface area contributed by atoms with Crippen molar-refractivity contribution < 1.29 is 4.92 Å². The summed E-state index contributed by atoms with van der Waals surface area (Å²) in [6.07, 6.45) is 0. The molecule has 2 N–H and O–H groups in total. The number of aromatic nitrogens is 3. The molecule has 0 unspecified atom stereocenters. The summed E-state index contributed by atoms with van der Waals surface area (Å²) in [6, 6.07) is 6.37. The second kappa shape index (κ2) is 4.41. The summed E-state index contributed by atoms with van der Waals surface area (Å²) in [6.45, 7) is 0.290. The summed E-state index contributed by atoms with van der Waals surface area (Å²) in [5, 5.41) is 20.6. The molecule has 0 aliphatic rings. The molecule has 3 rings (SSSR count). The Hall–Kier alpha value is -2.32. The zero-order valence-corrected chi connectivity index (χ0v) is 10.5. The molecule has 0 saturated carbocycles. The van der Waals surface area contributed by atoms with Crippen LogP contribution in [0.1, 0.15) is 5.82 Å². The fourth-order valence-electron chi connectivity index (χ4n) is 1.86. The number of nitrogens with two attached hydrogens (primary N) is 1. The number of fused-ring (bicyclic) bond motifs is 1. The lowest BCUT2D eigenvalue weighted by Gasteiger charge is -2.01. The molecule has 19 heavy (non-hydrogen) atoms. The van der Waals surface area contributed by atoms with Gasteiger partial charge in [-0.15, -0.1) is 21.5 Å². The van der Waals surface area contributed by atoms with Crippen LogP contribution in [0.15, 0.2) is 29.6 Å². The van der Waals surface area contributed by atoms with Crippen molar-refractivity contribution in [2.75, 3.05) is 0 Å². The van der Waals surface area contributed by atoms with Gasteiger partial charge in [0.2, 0.25) is 4.96 Å². The molecule has 0 amide bonds. The minimum Gasteiger partial charge on any atom is -0.324 e. The standard InChI is InChI=1S/C11H9N5O2S/c12-5-10-13-14-11-15(10)9(6-19-11)7-1-3-8(4-2-7)16(17)18/h1-4,6H,5,12H2. The third-order valence-corrected chi connectivity index (χ3v) is 3.59. The normalized spacial score (nSPS) is 11.0. The number of hydrogen-bond acceptors (Lipinski definition) is 6. The first kappa shape index (κ1) is 11.8. The van der Waals surface area contributed by atoms with Gasteiger partial charge in [-0.05, 0) is 17.7 Å². The first-order valence-electron chi connectivity index (χ1n) is 5.47. The van der Waals surface area contributed by atoms with E-state index in [1.54, 1.807) is 12.1 Å². The molecule has 0 aliphatic heterocycles. The number of non-ortho nitro benzene ring substituents is 1. The molecular formula is C11H9N5O2S. The predicted octanol–water partition coefficient (Wildman–Crippen LogP) is 1.82. The van der Waals surface area contributed by atoms with E-state index in [4.69, 9.17) is 5.73 Å². The number of nitro benzene ring substituents is 1. The lowest BCUT2D eigenvalue weighted by atomic mass is 10.1. The monoisotopic (exact) mass is 275 g/mol. The largest absolute Gasteiger partial charge is 0.324 e. The topological polar surface area (TPSA) is 99.3 Å². The summed E-state index contributed by atoms with van der Waals surface area (Å²) in [4.78, 5) is 11.0. The van der Waals surface area contributed by atoms with E-state index in [1.165, 1.54) is 23.5 Å². The van der Waals surface area contributed by atoms with Crippen molar-refractivity contribution in [2.45, 2.75) is 6.54 Å². The molecule has 0 aliphatic carbocycles. The highest BCUT2D eigenvalue weighted by Crippen LogP contribution is 2.27. The quantitative estimate of drug-likeness (QED) is 0.580. The first-order chi connectivity index (χ1) is 9.20. The molecule has 8 heteroatoms. The van der Waals surface area contributed by atoms with Crippen LogP contribution in [0.25, 0.3) is 16.2 Å². The molecule has 2 aromatic heterocycles. The molecule has 0 spiro atoms. The van der Waals surface area contributed by atoms with E-state index in [1.807, 2.05) is 9.78 Å². The second-order valence-electron chi connectivity index (χ2n) is 3.86. The number of hydrogen-bond donors (Lipinski definition) is 1. The van der Waals surface area contributed by atoms with Gasteiger partial charge in [-0.3, -0.25) is 14.5 Å². The Morgan fingerprint density at radius 3 is 2.68 bits per heavy atom. The predicted molar refractivity (Wildman–Crippen MR) is 70.8 cm³/mol. The SMILES string of the molecule is NCc1nnc2scc(-c3ccc([N+](=O)[O-])cc3)n12. The summed E-state index contributed by atoms with van der Waals surface area (Å²) in [7, 11) is 0. The van der Waals surface area contributed by atoms with Crippen LogP contribution < -0.4 is 5.73 Å². The Bertz CT molecular complexity index is 746. The van der Waals surface area contributed by atoms with Gasteiger partial charge in [-0.1, -0.05) is 0 Å². The van der Waals surface area contributed by atoms with Crippen molar-refractivity contribution in [1.29, 1.82) is 0 Å². The first-order valence-corrected chi connectivity index (χ1v) is 6.35. The molecule has 0 radical (unpaired) electrons. The van der Waals surface area contributed by atoms with Gasteiger partial charge in [0.25, 0.3) is 5.69 Å². The van der Waals surface area contributed by atoms with Crippen LogP contribution in [0.5, 0.6) is 0 Å². The molecule has 96 valence electrons. The third kappa shape index (κ3) is 1.86. The maximum atomic E-state index is 10.6. The molecular weight excluding hydrogens is 266 g/mol. The van der Waals surface area contributed by atoms with Crippen LogP contribution in [-0.2, 0) is 6.54 Å². The molecule has 7 nitrogen and oxygen atoms in total. The minimum atomic E-state index is -0.420. The van der Waals surface area contributed by atoms with E-state index in [2.05, 4.69) is 10.2 Å². The molecule has 0 bridgehead atoms. The Morgan fingerprint density at radius 2 is 2.05 bits per heavy atom. The average molecular weight is 275 g/mol. The van der Waals surface area contributed by atoms with Crippen molar-refractivity contribution in [3.8, 4) is 11.3 Å². The Morgan fingerprint density at radius 1 is 1.32 bits per heavy atom. The number of thiazole rings is 1.